The Morgan fingerprint density at radius 1 is 0.689 bits per heavy atom. The molecule has 0 radical (unpaired) electrons. The van der Waals surface area contributed by atoms with Gasteiger partial charge in [0.15, 0.2) is 17.5 Å². The SMILES string of the molecule is N#CC1=CC=C=C(c2ccc(OC(=O)CCCCCCCC(=O)Oc3ccc(-c4cc(F)c(F)c(F)c4)c(F)c3)cc2F)C=C1. The molecule has 0 heterocycles. The van der Waals surface area contributed by atoms with Crippen molar-refractivity contribution in [3.63, 3.8) is 0 Å². The fraction of sp³-hybridized carbons (Fsp3) is 0.200. The van der Waals surface area contributed by atoms with Gasteiger partial charge in [0.1, 0.15) is 23.1 Å². The lowest BCUT2D eigenvalue weighted by Crippen LogP contribution is -2.08. The zero-order chi connectivity index (χ0) is 32.3. The van der Waals surface area contributed by atoms with Crippen molar-refractivity contribution in [1.29, 1.82) is 5.26 Å². The van der Waals surface area contributed by atoms with E-state index in [1.54, 1.807) is 18.2 Å². The van der Waals surface area contributed by atoms with E-state index in [4.69, 9.17) is 14.7 Å². The second kappa shape index (κ2) is 15.5. The van der Waals surface area contributed by atoms with Gasteiger partial charge in [-0.3, -0.25) is 9.59 Å². The number of carbonyl (C=O) groups is 2. The number of hydrogen-bond acceptors (Lipinski definition) is 5. The number of nitriles is 1. The number of benzene rings is 3. The molecule has 0 spiro atoms. The first-order valence-electron chi connectivity index (χ1n) is 14.1. The molecule has 0 fully saturated rings. The summed E-state index contributed by atoms with van der Waals surface area (Å²) < 4.78 is 79.7. The zero-order valence-electron chi connectivity index (χ0n) is 23.8. The van der Waals surface area contributed by atoms with Crippen molar-refractivity contribution in [2.24, 2.45) is 0 Å². The molecule has 0 atom stereocenters. The van der Waals surface area contributed by atoms with E-state index in [2.05, 4.69) is 5.73 Å². The number of hydrogen-bond donors (Lipinski definition) is 0. The number of rotatable bonds is 12. The van der Waals surface area contributed by atoms with E-state index < -0.39 is 41.0 Å². The highest BCUT2D eigenvalue weighted by molar-refractivity contribution is 5.77. The molecule has 3 aromatic carbocycles. The highest BCUT2D eigenvalue weighted by atomic mass is 19.2. The van der Waals surface area contributed by atoms with Crippen LogP contribution in [0.25, 0.3) is 16.7 Å². The first kappa shape index (κ1) is 32.6. The predicted molar refractivity (Wildman–Crippen MR) is 156 cm³/mol. The Kier molecular flexibility index (Phi) is 11.2. The fourth-order valence-corrected chi connectivity index (χ4v) is 4.46. The van der Waals surface area contributed by atoms with Crippen LogP contribution >= 0.6 is 0 Å². The molecular weight excluding hydrogens is 593 g/mol. The Hall–Kier alpha value is -5.26. The summed E-state index contributed by atoms with van der Waals surface area (Å²) in [6.07, 6.45) is 9.57. The molecule has 4 rings (SSSR count). The quantitative estimate of drug-likeness (QED) is 0.0506. The molecule has 0 N–H and O–H groups in total. The molecular formula is C35H26F5NO4. The van der Waals surface area contributed by atoms with Crippen molar-refractivity contribution in [1.82, 2.24) is 0 Å². The van der Waals surface area contributed by atoms with E-state index in [0.29, 0.717) is 49.0 Å². The highest BCUT2D eigenvalue weighted by Gasteiger charge is 2.16. The smallest absolute Gasteiger partial charge is 0.311 e. The molecule has 0 aliphatic heterocycles. The van der Waals surface area contributed by atoms with Gasteiger partial charge in [-0.25, -0.2) is 22.0 Å². The molecule has 0 aromatic heterocycles. The normalized spacial score (nSPS) is 12.2. The number of unbranched alkanes of at least 4 members (excludes halogenated alkanes) is 4. The summed E-state index contributed by atoms with van der Waals surface area (Å²) in [7, 11) is 0. The van der Waals surface area contributed by atoms with Crippen molar-refractivity contribution >= 4 is 17.5 Å². The maximum Gasteiger partial charge on any atom is 0.311 e. The van der Waals surface area contributed by atoms with E-state index in [-0.39, 0.29) is 41.0 Å². The fourth-order valence-electron chi connectivity index (χ4n) is 4.46. The number of halogens is 5. The molecule has 0 saturated heterocycles. The molecule has 3 aromatic rings. The van der Waals surface area contributed by atoms with Crippen LogP contribution in [0, 0.1) is 40.4 Å². The Bertz CT molecular complexity index is 1760. The topological polar surface area (TPSA) is 76.4 Å². The standard InChI is InChI=1S/C35H26F5NO4/c36-29-19-25(13-15-27(29)23-8-6-7-22(21-41)11-12-23)44-33(42)9-4-2-1-3-5-10-34(43)45-26-14-16-28(30(37)20-26)24-17-31(38)35(40)32(39)18-24/h6-7,11-20H,1-5,9-10H2. The molecule has 1 aliphatic rings. The number of carbonyl (C=O) groups excluding carboxylic acids is 2. The van der Waals surface area contributed by atoms with Crippen LogP contribution in [0.3, 0.4) is 0 Å². The molecule has 1 aliphatic carbocycles. The summed E-state index contributed by atoms with van der Waals surface area (Å²) in [4.78, 5) is 24.3. The van der Waals surface area contributed by atoms with Crippen LogP contribution in [0.5, 0.6) is 11.5 Å². The van der Waals surface area contributed by atoms with E-state index in [1.165, 1.54) is 30.3 Å². The van der Waals surface area contributed by atoms with Gasteiger partial charge in [-0.1, -0.05) is 19.3 Å². The first-order chi connectivity index (χ1) is 21.6. The second-order valence-corrected chi connectivity index (χ2v) is 10.0. The average Bonchev–Trinajstić information content (AvgIpc) is 3.25. The van der Waals surface area contributed by atoms with E-state index >= 15 is 0 Å². The zero-order valence-corrected chi connectivity index (χ0v) is 23.8. The minimum absolute atomic E-state index is 0.0693. The third-order valence-corrected chi connectivity index (χ3v) is 6.75. The summed E-state index contributed by atoms with van der Waals surface area (Å²) in [5.41, 5.74) is 3.63. The maximum atomic E-state index is 14.7. The maximum absolute atomic E-state index is 14.7. The van der Waals surface area contributed by atoms with Gasteiger partial charge in [-0.15, -0.1) is 5.73 Å². The van der Waals surface area contributed by atoms with Gasteiger partial charge < -0.3 is 9.47 Å². The minimum Gasteiger partial charge on any atom is -0.426 e. The van der Waals surface area contributed by atoms with Gasteiger partial charge in [0.2, 0.25) is 0 Å². The molecule has 5 nitrogen and oxygen atoms in total. The number of ether oxygens (including phenoxy) is 2. The average molecular weight is 620 g/mol. The number of esters is 2. The van der Waals surface area contributed by atoms with Gasteiger partial charge in [-0.05, 0) is 79.1 Å². The van der Waals surface area contributed by atoms with Crippen molar-refractivity contribution in [3.05, 3.63) is 119 Å². The first-order valence-corrected chi connectivity index (χ1v) is 14.1. The lowest BCUT2D eigenvalue weighted by atomic mass is 10.0. The highest BCUT2D eigenvalue weighted by Crippen LogP contribution is 2.29. The predicted octanol–water partition coefficient (Wildman–Crippen LogP) is 8.85. The molecule has 45 heavy (non-hydrogen) atoms. The van der Waals surface area contributed by atoms with Crippen LogP contribution in [-0.4, -0.2) is 11.9 Å². The second-order valence-electron chi connectivity index (χ2n) is 10.0. The molecule has 10 heteroatoms. The van der Waals surface area contributed by atoms with Gasteiger partial charge in [-0.2, -0.15) is 5.26 Å². The van der Waals surface area contributed by atoms with E-state index in [0.717, 1.165) is 18.6 Å². The Balaban J connectivity index is 1.13. The lowest BCUT2D eigenvalue weighted by molar-refractivity contribution is -0.135. The van der Waals surface area contributed by atoms with Crippen molar-refractivity contribution in [2.75, 3.05) is 0 Å². The Morgan fingerprint density at radius 3 is 1.76 bits per heavy atom. The largest absolute Gasteiger partial charge is 0.426 e. The molecule has 0 saturated carbocycles. The summed E-state index contributed by atoms with van der Waals surface area (Å²) in [6, 6.07) is 10.8. The van der Waals surface area contributed by atoms with Crippen LogP contribution in [-0.2, 0) is 9.59 Å². The molecule has 0 unspecified atom stereocenters. The number of nitrogens with zero attached hydrogens (tertiary/aromatic N) is 1. The van der Waals surface area contributed by atoms with Crippen LogP contribution < -0.4 is 9.47 Å². The van der Waals surface area contributed by atoms with Crippen LogP contribution in [0.15, 0.2) is 84.1 Å². The van der Waals surface area contributed by atoms with E-state index in [9.17, 15) is 31.5 Å². The Morgan fingerprint density at radius 2 is 1.22 bits per heavy atom. The van der Waals surface area contributed by atoms with Gasteiger partial charge in [0.05, 0.1) is 11.6 Å². The van der Waals surface area contributed by atoms with Gasteiger partial charge in [0.25, 0.3) is 0 Å². The molecule has 0 bridgehead atoms. The molecule has 0 amide bonds. The van der Waals surface area contributed by atoms with E-state index in [1.807, 2.05) is 6.07 Å². The van der Waals surface area contributed by atoms with Crippen molar-refractivity contribution < 1.29 is 41.0 Å². The van der Waals surface area contributed by atoms with Gasteiger partial charge >= 0.3 is 11.9 Å². The van der Waals surface area contributed by atoms with Crippen molar-refractivity contribution in [2.45, 2.75) is 44.9 Å². The lowest BCUT2D eigenvalue weighted by Gasteiger charge is -2.09. The summed E-state index contributed by atoms with van der Waals surface area (Å²) in [6.45, 7) is 0. The number of allylic oxidation sites excluding steroid dienone is 5. The van der Waals surface area contributed by atoms with Crippen LogP contribution in [0.2, 0.25) is 0 Å². The summed E-state index contributed by atoms with van der Waals surface area (Å²) in [5, 5.41) is 8.99. The molecule has 230 valence electrons. The van der Waals surface area contributed by atoms with Crippen LogP contribution in [0.4, 0.5) is 22.0 Å². The third kappa shape index (κ3) is 9.12. The third-order valence-electron chi connectivity index (χ3n) is 6.75. The van der Waals surface area contributed by atoms with Crippen molar-refractivity contribution in [3.8, 4) is 28.7 Å². The van der Waals surface area contributed by atoms with Crippen LogP contribution in [0.1, 0.15) is 50.5 Å². The summed E-state index contributed by atoms with van der Waals surface area (Å²) >= 11 is 0. The van der Waals surface area contributed by atoms with Gasteiger partial charge in [0, 0.05) is 41.7 Å². The Labute approximate surface area is 256 Å². The summed E-state index contributed by atoms with van der Waals surface area (Å²) in [5.74, 6) is -7.16. The monoisotopic (exact) mass is 619 g/mol. The minimum atomic E-state index is -1.65.